The van der Waals surface area contributed by atoms with E-state index in [0.29, 0.717) is 47.7 Å². The highest BCUT2D eigenvalue weighted by Gasteiger charge is 2.23. The molecular weight excluding hydrogens is 412 g/mol. The van der Waals surface area contributed by atoms with Crippen LogP contribution in [0.15, 0.2) is 22.7 Å². The monoisotopic (exact) mass is 434 g/mol. The van der Waals surface area contributed by atoms with E-state index < -0.39 is 0 Å². The lowest BCUT2D eigenvalue weighted by atomic mass is 10.0. The van der Waals surface area contributed by atoms with Crippen LogP contribution in [0.3, 0.4) is 0 Å². The number of morpholine rings is 1. The maximum Gasteiger partial charge on any atom is 0.277 e. The Morgan fingerprint density at radius 2 is 2.00 bits per heavy atom. The third-order valence-corrected chi connectivity index (χ3v) is 5.44. The van der Waals surface area contributed by atoms with Crippen LogP contribution in [0.4, 0.5) is 5.69 Å². The number of H-pyrrole nitrogens is 1. The van der Waals surface area contributed by atoms with Gasteiger partial charge in [-0.3, -0.25) is 14.7 Å². The molecular formula is C19H23BrN4O3. The quantitative estimate of drug-likeness (QED) is 0.772. The number of carbonyl (C=O) groups excluding carboxylic acids is 2. The number of benzene rings is 1. The topological polar surface area (TPSA) is 87.3 Å². The molecule has 0 unspecified atom stereocenters. The number of nitrogens with one attached hydrogen (secondary N) is 2. The maximum absolute atomic E-state index is 12.8. The van der Waals surface area contributed by atoms with Gasteiger partial charge in [0.2, 0.25) is 0 Å². The summed E-state index contributed by atoms with van der Waals surface area (Å²) in [6.45, 7) is 8.12. The molecule has 1 saturated heterocycles. The highest BCUT2D eigenvalue weighted by Crippen LogP contribution is 2.27. The summed E-state index contributed by atoms with van der Waals surface area (Å²) in [6, 6.07) is 5.34. The zero-order valence-electron chi connectivity index (χ0n) is 15.6. The number of halogens is 1. The van der Waals surface area contributed by atoms with E-state index in [2.05, 4.69) is 31.4 Å². The number of aromatic amines is 1. The molecule has 0 bridgehead atoms. The summed E-state index contributed by atoms with van der Waals surface area (Å²) in [7, 11) is 0. The van der Waals surface area contributed by atoms with Gasteiger partial charge in [0.15, 0.2) is 5.69 Å². The van der Waals surface area contributed by atoms with Crippen LogP contribution in [0.5, 0.6) is 0 Å². The molecule has 2 aromatic rings. The molecule has 0 radical (unpaired) electrons. The highest BCUT2D eigenvalue weighted by molar-refractivity contribution is 9.10. The molecule has 0 saturated carbocycles. The molecule has 1 aliphatic heterocycles. The Balaban J connectivity index is 1.81. The average Bonchev–Trinajstić information content (AvgIpc) is 3.05. The Labute approximate surface area is 166 Å². The Morgan fingerprint density at radius 3 is 2.63 bits per heavy atom. The molecule has 2 amide bonds. The molecule has 1 aliphatic rings. The van der Waals surface area contributed by atoms with Crippen LogP contribution >= 0.6 is 15.9 Å². The van der Waals surface area contributed by atoms with Crippen molar-refractivity contribution in [3.8, 4) is 0 Å². The second kappa shape index (κ2) is 8.22. The fourth-order valence-corrected chi connectivity index (χ4v) is 3.81. The lowest BCUT2D eigenvalue weighted by Crippen LogP contribution is -2.41. The lowest BCUT2D eigenvalue weighted by molar-refractivity contribution is 0.0302. The van der Waals surface area contributed by atoms with Crippen molar-refractivity contribution in [1.82, 2.24) is 15.1 Å². The van der Waals surface area contributed by atoms with E-state index in [9.17, 15) is 9.59 Å². The lowest BCUT2D eigenvalue weighted by Gasteiger charge is -2.27. The van der Waals surface area contributed by atoms with Crippen LogP contribution < -0.4 is 5.32 Å². The predicted octanol–water partition coefficient (Wildman–Crippen LogP) is 3.33. The van der Waals surface area contributed by atoms with Gasteiger partial charge in [0.25, 0.3) is 11.8 Å². The van der Waals surface area contributed by atoms with Crippen molar-refractivity contribution in [3.63, 3.8) is 0 Å². The zero-order chi connectivity index (χ0) is 19.6. The van der Waals surface area contributed by atoms with E-state index >= 15 is 0 Å². The molecule has 8 heteroatoms. The average molecular weight is 435 g/mol. The molecule has 1 fully saturated rings. The van der Waals surface area contributed by atoms with Crippen LogP contribution in [-0.2, 0) is 4.74 Å². The molecule has 0 atom stereocenters. The number of ether oxygens (including phenoxy) is 1. The first-order chi connectivity index (χ1) is 12.9. The van der Waals surface area contributed by atoms with Crippen molar-refractivity contribution in [3.05, 3.63) is 45.2 Å². The van der Waals surface area contributed by atoms with Gasteiger partial charge in [0, 0.05) is 24.3 Å². The third-order valence-electron chi connectivity index (χ3n) is 4.64. The molecule has 0 aliphatic carbocycles. The summed E-state index contributed by atoms with van der Waals surface area (Å²) in [6.07, 6.45) is 0. The van der Waals surface area contributed by atoms with Crippen LogP contribution in [0.1, 0.15) is 51.9 Å². The second-order valence-electron chi connectivity index (χ2n) is 6.79. The predicted molar refractivity (Wildman–Crippen MR) is 106 cm³/mol. The summed E-state index contributed by atoms with van der Waals surface area (Å²) in [5.41, 5.74) is 3.08. The van der Waals surface area contributed by atoms with Gasteiger partial charge >= 0.3 is 0 Å². The number of hydrogen-bond donors (Lipinski definition) is 2. The Kier molecular flexibility index (Phi) is 5.96. The molecule has 1 aromatic heterocycles. The van der Waals surface area contributed by atoms with Gasteiger partial charge in [-0.25, -0.2) is 0 Å². The van der Waals surface area contributed by atoms with Gasteiger partial charge < -0.3 is 15.0 Å². The van der Waals surface area contributed by atoms with E-state index in [1.54, 1.807) is 23.1 Å². The van der Waals surface area contributed by atoms with Gasteiger partial charge in [-0.1, -0.05) is 19.9 Å². The van der Waals surface area contributed by atoms with Crippen LogP contribution in [-0.4, -0.2) is 53.2 Å². The van der Waals surface area contributed by atoms with E-state index in [1.807, 2.05) is 20.8 Å². The first-order valence-corrected chi connectivity index (χ1v) is 9.71. The van der Waals surface area contributed by atoms with Crippen LogP contribution in [0, 0.1) is 6.92 Å². The van der Waals surface area contributed by atoms with Crippen molar-refractivity contribution in [1.29, 1.82) is 0 Å². The van der Waals surface area contributed by atoms with Crippen molar-refractivity contribution < 1.29 is 14.3 Å². The van der Waals surface area contributed by atoms with E-state index in [4.69, 9.17) is 4.74 Å². The summed E-state index contributed by atoms with van der Waals surface area (Å²) in [5, 5.41) is 9.89. The Morgan fingerprint density at radius 1 is 1.30 bits per heavy atom. The number of carbonyl (C=O) groups is 2. The minimum absolute atomic E-state index is 0.0463. The molecule has 3 rings (SSSR count). The number of hydrogen-bond acceptors (Lipinski definition) is 4. The summed E-state index contributed by atoms with van der Waals surface area (Å²) < 4.78 is 5.97. The van der Waals surface area contributed by atoms with E-state index in [0.717, 1.165) is 11.3 Å². The van der Waals surface area contributed by atoms with Crippen molar-refractivity contribution in [2.75, 3.05) is 31.6 Å². The summed E-state index contributed by atoms with van der Waals surface area (Å²) in [4.78, 5) is 27.2. The van der Waals surface area contributed by atoms with Crippen molar-refractivity contribution >= 4 is 33.4 Å². The molecule has 144 valence electrons. The zero-order valence-corrected chi connectivity index (χ0v) is 17.2. The molecule has 1 aromatic carbocycles. The number of nitrogens with zero attached hydrogens (tertiary/aromatic N) is 2. The summed E-state index contributed by atoms with van der Waals surface area (Å²) in [5.74, 6) is -0.163. The Bertz CT molecular complexity index is 857. The number of aromatic nitrogens is 2. The van der Waals surface area contributed by atoms with Crippen LogP contribution in [0.2, 0.25) is 0 Å². The second-order valence-corrected chi connectivity index (χ2v) is 7.58. The SMILES string of the molecule is Cc1c(NC(=O)c2n[nH]c(C(C)C)c2Br)cccc1C(=O)N1CCOCC1. The fraction of sp³-hybridized carbons (Fsp3) is 0.421. The van der Waals surface area contributed by atoms with E-state index in [1.165, 1.54) is 0 Å². The number of amides is 2. The molecule has 7 nitrogen and oxygen atoms in total. The normalized spacial score (nSPS) is 14.5. The van der Waals surface area contributed by atoms with Gasteiger partial charge in [-0.15, -0.1) is 0 Å². The summed E-state index contributed by atoms with van der Waals surface area (Å²) >= 11 is 3.45. The van der Waals surface area contributed by atoms with E-state index in [-0.39, 0.29) is 17.7 Å². The highest BCUT2D eigenvalue weighted by atomic mass is 79.9. The van der Waals surface area contributed by atoms with Crippen LogP contribution in [0.25, 0.3) is 0 Å². The number of rotatable bonds is 4. The molecule has 0 spiro atoms. The first kappa shape index (κ1) is 19.6. The Hall–Kier alpha value is -2.19. The first-order valence-electron chi connectivity index (χ1n) is 8.92. The van der Waals surface area contributed by atoms with Gasteiger partial charge in [-0.05, 0) is 46.5 Å². The molecule has 27 heavy (non-hydrogen) atoms. The maximum atomic E-state index is 12.8. The molecule has 2 N–H and O–H groups in total. The minimum Gasteiger partial charge on any atom is -0.378 e. The molecule has 2 heterocycles. The van der Waals surface area contributed by atoms with Gasteiger partial charge in [0.05, 0.1) is 23.4 Å². The smallest absolute Gasteiger partial charge is 0.277 e. The standard InChI is InChI=1S/C19H23BrN4O3/c1-11(2)16-15(20)17(23-22-16)18(25)21-14-6-4-5-13(12(14)3)19(26)24-7-9-27-10-8-24/h4-6,11H,7-10H2,1-3H3,(H,21,25)(H,22,23). The van der Waals surface area contributed by atoms with Crippen molar-refractivity contribution in [2.24, 2.45) is 0 Å². The van der Waals surface area contributed by atoms with Crippen molar-refractivity contribution in [2.45, 2.75) is 26.7 Å². The third kappa shape index (κ3) is 4.06. The van der Waals surface area contributed by atoms with Gasteiger partial charge in [0.1, 0.15) is 0 Å². The largest absolute Gasteiger partial charge is 0.378 e. The van der Waals surface area contributed by atoms with Gasteiger partial charge in [-0.2, -0.15) is 5.10 Å². The number of anilines is 1. The fourth-order valence-electron chi connectivity index (χ4n) is 3.00. The minimum atomic E-state index is -0.330.